The van der Waals surface area contributed by atoms with Crippen LogP contribution in [0.3, 0.4) is 0 Å². The second kappa shape index (κ2) is 9.38. The smallest absolute Gasteiger partial charge is 0.337 e. The van der Waals surface area contributed by atoms with E-state index in [1.165, 1.54) is 7.11 Å². The fourth-order valence-electron chi connectivity index (χ4n) is 3.24. The minimum atomic E-state index is -2.61. The van der Waals surface area contributed by atoms with E-state index in [2.05, 4.69) is 0 Å². The first kappa shape index (κ1) is 21.9. The predicted octanol–water partition coefficient (Wildman–Crippen LogP) is 3.67. The topological polar surface area (TPSA) is 99.5 Å². The highest BCUT2D eigenvalue weighted by Crippen LogP contribution is 2.41. The van der Waals surface area contributed by atoms with E-state index in [1.54, 1.807) is 53.3 Å². The van der Waals surface area contributed by atoms with E-state index in [0.717, 1.165) is 5.56 Å². The van der Waals surface area contributed by atoms with Crippen LogP contribution in [0.15, 0.2) is 48.5 Å². The van der Waals surface area contributed by atoms with E-state index in [-0.39, 0.29) is 37.2 Å². The fraction of sp³-hybridized carbons (Fsp3) is 0.333. The van der Waals surface area contributed by atoms with Gasteiger partial charge in [-0.2, -0.15) is 10.6 Å². The number of urea groups is 1. The summed E-state index contributed by atoms with van der Waals surface area (Å²) in [7, 11) is 0.262. The van der Waals surface area contributed by atoms with Crippen molar-refractivity contribution in [3.05, 3.63) is 59.7 Å². The largest absolute Gasteiger partial charge is 0.495 e. The third-order valence-corrected chi connectivity index (χ3v) is 6.64. The van der Waals surface area contributed by atoms with Gasteiger partial charge in [-0.3, -0.25) is 14.0 Å². The van der Waals surface area contributed by atoms with Crippen molar-refractivity contribution >= 4 is 28.3 Å². The molecule has 1 saturated heterocycles. The highest BCUT2D eigenvalue weighted by molar-refractivity contribution is 8.24. The normalized spacial score (nSPS) is 16.5. The summed E-state index contributed by atoms with van der Waals surface area (Å²) >= 11 is 0. The molecule has 0 atom stereocenters. The van der Waals surface area contributed by atoms with Crippen LogP contribution < -0.4 is 9.64 Å². The average molecular weight is 435 g/mol. The molecule has 2 aromatic carbocycles. The van der Waals surface area contributed by atoms with Crippen LogP contribution >= 0.6 is 10.6 Å². The number of carbonyl (C=O) groups excluding carboxylic acids is 2. The third-order valence-electron chi connectivity index (χ3n) is 4.97. The Labute approximate surface area is 177 Å². The van der Waals surface area contributed by atoms with E-state index < -0.39 is 16.6 Å². The number of para-hydroxylation sites is 2. The zero-order chi connectivity index (χ0) is 21.7. The molecule has 0 spiro atoms. The lowest BCUT2D eigenvalue weighted by atomic mass is 10.1. The molecule has 0 aromatic heterocycles. The van der Waals surface area contributed by atoms with E-state index in [1.807, 2.05) is 12.1 Å². The summed E-state index contributed by atoms with van der Waals surface area (Å²) in [4.78, 5) is 28.3. The SMILES string of the molecule is COC(=O)c1ccc(CN(C(=O)N2CCS(O)(O)CC2)c2ccccc2OC)cc1. The summed E-state index contributed by atoms with van der Waals surface area (Å²) in [5.74, 6) is 0.475. The van der Waals surface area contributed by atoms with Gasteiger partial charge in [0.05, 0.1) is 43.5 Å². The number of methoxy groups -OCH3 is 2. The van der Waals surface area contributed by atoms with Gasteiger partial charge >= 0.3 is 12.0 Å². The number of ether oxygens (including phenoxy) is 2. The molecule has 0 radical (unpaired) electrons. The molecule has 162 valence electrons. The van der Waals surface area contributed by atoms with Gasteiger partial charge in [0.15, 0.2) is 0 Å². The van der Waals surface area contributed by atoms with E-state index >= 15 is 0 Å². The van der Waals surface area contributed by atoms with Crippen molar-refractivity contribution in [1.29, 1.82) is 0 Å². The standard InChI is InChI=1S/C21H26N2O6S/c1-28-19-6-4-3-5-18(19)23(21(25)22-11-13-30(26,27)14-12-22)15-16-7-9-17(10-8-16)20(24)29-2/h3-10,26-27H,11-15H2,1-2H3. The fourth-order valence-corrected chi connectivity index (χ4v) is 4.47. The molecule has 0 aliphatic carbocycles. The molecule has 9 heteroatoms. The molecule has 1 fully saturated rings. The lowest BCUT2D eigenvalue weighted by molar-refractivity contribution is 0.0600. The lowest BCUT2D eigenvalue weighted by Gasteiger charge is -2.42. The first-order valence-corrected chi connectivity index (χ1v) is 11.3. The number of carbonyl (C=O) groups is 2. The number of amides is 2. The lowest BCUT2D eigenvalue weighted by Crippen LogP contribution is -2.48. The molecule has 0 saturated carbocycles. The zero-order valence-electron chi connectivity index (χ0n) is 17.0. The second-order valence-electron chi connectivity index (χ2n) is 6.93. The molecule has 2 aromatic rings. The third kappa shape index (κ3) is 5.05. The van der Waals surface area contributed by atoms with Crippen molar-refractivity contribution in [3.63, 3.8) is 0 Å². The van der Waals surface area contributed by atoms with Gasteiger partial charge in [-0.25, -0.2) is 9.59 Å². The number of rotatable bonds is 5. The zero-order valence-corrected chi connectivity index (χ0v) is 17.8. The van der Waals surface area contributed by atoms with Gasteiger partial charge in [-0.05, 0) is 29.8 Å². The van der Waals surface area contributed by atoms with Crippen LogP contribution in [0.5, 0.6) is 5.75 Å². The molecule has 8 nitrogen and oxygen atoms in total. The molecule has 0 unspecified atom stereocenters. The number of nitrogens with zero attached hydrogens (tertiary/aromatic N) is 2. The van der Waals surface area contributed by atoms with Gasteiger partial charge < -0.3 is 14.4 Å². The summed E-state index contributed by atoms with van der Waals surface area (Å²) in [5.41, 5.74) is 1.86. The monoisotopic (exact) mass is 434 g/mol. The molecular weight excluding hydrogens is 408 g/mol. The van der Waals surface area contributed by atoms with Crippen LogP contribution in [0.4, 0.5) is 10.5 Å². The summed E-state index contributed by atoms with van der Waals surface area (Å²) < 4.78 is 29.9. The Morgan fingerprint density at radius 1 is 1.03 bits per heavy atom. The number of hydrogen-bond acceptors (Lipinski definition) is 6. The Morgan fingerprint density at radius 3 is 2.27 bits per heavy atom. The molecule has 2 amide bonds. The average Bonchev–Trinajstić information content (AvgIpc) is 2.77. The first-order chi connectivity index (χ1) is 14.3. The summed E-state index contributed by atoms with van der Waals surface area (Å²) in [6.07, 6.45) is 0. The van der Waals surface area contributed by atoms with Crippen molar-refractivity contribution in [2.24, 2.45) is 0 Å². The molecular formula is C21H26N2O6S. The Hall–Kier alpha value is -2.75. The van der Waals surface area contributed by atoms with E-state index in [9.17, 15) is 18.7 Å². The highest BCUT2D eigenvalue weighted by atomic mass is 32.3. The van der Waals surface area contributed by atoms with Gasteiger partial charge in [0, 0.05) is 13.1 Å². The Balaban J connectivity index is 1.88. The van der Waals surface area contributed by atoms with Crippen molar-refractivity contribution in [2.45, 2.75) is 6.54 Å². The maximum Gasteiger partial charge on any atom is 0.337 e. The molecule has 1 heterocycles. The van der Waals surface area contributed by atoms with Crippen molar-refractivity contribution in [1.82, 2.24) is 4.90 Å². The summed E-state index contributed by atoms with van der Waals surface area (Å²) in [6.45, 7) is 0.801. The quantitative estimate of drug-likeness (QED) is 0.697. The first-order valence-electron chi connectivity index (χ1n) is 9.45. The van der Waals surface area contributed by atoms with Gasteiger partial charge in [-0.1, -0.05) is 24.3 Å². The van der Waals surface area contributed by atoms with Crippen LogP contribution in [-0.2, 0) is 11.3 Å². The Morgan fingerprint density at radius 2 is 1.67 bits per heavy atom. The number of benzene rings is 2. The van der Waals surface area contributed by atoms with Crippen LogP contribution in [0.1, 0.15) is 15.9 Å². The van der Waals surface area contributed by atoms with Crippen LogP contribution in [0, 0.1) is 0 Å². The van der Waals surface area contributed by atoms with Crippen molar-refractivity contribution in [2.75, 3.05) is 43.7 Å². The van der Waals surface area contributed by atoms with Crippen molar-refractivity contribution in [3.8, 4) is 5.75 Å². The molecule has 1 aliphatic heterocycles. The van der Waals surface area contributed by atoms with E-state index in [0.29, 0.717) is 17.0 Å². The van der Waals surface area contributed by atoms with Crippen molar-refractivity contribution < 1.29 is 28.2 Å². The van der Waals surface area contributed by atoms with Gasteiger partial charge in [0.25, 0.3) is 0 Å². The number of anilines is 1. The van der Waals surface area contributed by atoms with Gasteiger partial charge in [0.1, 0.15) is 5.75 Å². The second-order valence-corrected chi connectivity index (χ2v) is 9.35. The van der Waals surface area contributed by atoms with E-state index in [4.69, 9.17) is 9.47 Å². The van der Waals surface area contributed by atoms with Crippen LogP contribution in [-0.4, -0.2) is 64.8 Å². The Kier molecular flexibility index (Phi) is 6.86. The molecule has 1 aliphatic rings. The predicted molar refractivity (Wildman–Crippen MR) is 117 cm³/mol. The molecule has 2 N–H and O–H groups in total. The Bertz CT molecular complexity index is 893. The van der Waals surface area contributed by atoms with Gasteiger partial charge in [0.2, 0.25) is 0 Å². The number of hydrogen-bond donors (Lipinski definition) is 2. The number of esters is 1. The maximum atomic E-state index is 13.4. The minimum absolute atomic E-state index is 0.173. The highest BCUT2D eigenvalue weighted by Gasteiger charge is 2.30. The summed E-state index contributed by atoms with van der Waals surface area (Å²) in [6, 6.07) is 13.8. The van der Waals surface area contributed by atoms with Gasteiger partial charge in [-0.15, -0.1) is 0 Å². The van der Waals surface area contributed by atoms with Crippen LogP contribution in [0.2, 0.25) is 0 Å². The maximum absolute atomic E-state index is 13.4. The minimum Gasteiger partial charge on any atom is -0.495 e. The molecule has 3 rings (SSSR count). The molecule has 0 bridgehead atoms. The van der Waals surface area contributed by atoms with Crippen LogP contribution in [0.25, 0.3) is 0 Å². The molecule has 30 heavy (non-hydrogen) atoms. The summed E-state index contributed by atoms with van der Waals surface area (Å²) in [5, 5.41) is 0.